The Labute approximate surface area is 225 Å². The third kappa shape index (κ3) is 4.84. The number of hydrogen-bond acceptors (Lipinski definition) is 8. The van der Waals surface area contributed by atoms with Crippen LogP contribution in [-0.2, 0) is 11.8 Å². The van der Waals surface area contributed by atoms with Gasteiger partial charge in [0.1, 0.15) is 29.2 Å². The second kappa shape index (κ2) is 10.1. The van der Waals surface area contributed by atoms with Crippen molar-refractivity contribution in [1.29, 1.82) is 0 Å². The number of rotatable bonds is 6. The molecule has 0 saturated carbocycles. The van der Waals surface area contributed by atoms with Crippen molar-refractivity contribution in [2.45, 2.75) is 6.92 Å². The quantitative estimate of drug-likeness (QED) is 0.325. The van der Waals surface area contributed by atoms with Gasteiger partial charge in [0, 0.05) is 45.0 Å². The van der Waals surface area contributed by atoms with Crippen molar-refractivity contribution in [1.82, 2.24) is 29.4 Å². The maximum Gasteiger partial charge on any atom is 0.246 e. The number of piperazine rings is 1. The minimum atomic E-state index is -0.0398. The number of ether oxygens (including phenoxy) is 1. The molecule has 3 aromatic heterocycles. The molecule has 196 valence electrons. The van der Waals surface area contributed by atoms with E-state index in [9.17, 15) is 4.79 Å². The second-order valence-corrected chi connectivity index (χ2v) is 9.49. The van der Waals surface area contributed by atoms with Crippen molar-refractivity contribution in [3.8, 4) is 11.5 Å². The highest BCUT2D eigenvalue weighted by molar-refractivity contribution is 5.89. The summed E-state index contributed by atoms with van der Waals surface area (Å²) in [5, 5.41) is 3.40. The van der Waals surface area contributed by atoms with Crippen LogP contribution in [0.3, 0.4) is 0 Å². The number of fused-ring (bicyclic) bond motifs is 2. The highest BCUT2D eigenvalue weighted by atomic mass is 16.5. The summed E-state index contributed by atoms with van der Waals surface area (Å²) in [5.74, 6) is 2.91. The first-order valence-electron chi connectivity index (χ1n) is 12.7. The summed E-state index contributed by atoms with van der Waals surface area (Å²) >= 11 is 0. The number of aromatic nitrogens is 5. The largest absolute Gasteiger partial charge is 0.457 e. The standard InChI is InChI=1S/C29H28N8O2/c1-4-27(38)37-13-11-36(12-14-37)26-10-7-22-28(34-26)29(31-17-30-22)33-20-5-9-25(19(2)15-20)39-21-6-8-24-23(16-21)32-18-35(24)3/h4-10,15-18H,1,11-14H2,2-3H3,(H,30,31,33). The minimum absolute atomic E-state index is 0.0398. The van der Waals surface area contributed by atoms with Crippen LogP contribution in [0.5, 0.6) is 11.5 Å². The molecule has 6 rings (SSSR count). The fraction of sp³-hybridized carbons (Fsp3) is 0.207. The zero-order valence-electron chi connectivity index (χ0n) is 21.8. The average molecular weight is 521 g/mol. The molecule has 39 heavy (non-hydrogen) atoms. The number of carbonyl (C=O) groups excluding carboxylic acids is 1. The van der Waals surface area contributed by atoms with Gasteiger partial charge in [-0.25, -0.2) is 19.9 Å². The monoisotopic (exact) mass is 520 g/mol. The Morgan fingerprint density at radius 1 is 1.00 bits per heavy atom. The number of amides is 1. The van der Waals surface area contributed by atoms with Crippen molar-refractivity contribution in [3.63, 3.8) is 0 Å². The molecule has 1 aliphatic rings. The number of anilines is 3. The number of nitrogens with zero attached hydrogens (tertiary/aromatic N) is 7. The average Bonchev–Trinajstić information content (AvgIpc) is 3.34. The smallest absolute Gasteiger partial charge is 0.246 e. The van der Waals surface area contributed by atoms with E-state index in [0.29, 0.717) is 37.5 Å². The number of nitrogens with one attached hydrogen (secondary N) is 1. The molecular formula is C29H28N8O2. The fourth-order valence-electron chi connectivity index (χ4n) is 4.77. The molecule has 2 aromatic carbocycles. The van der Waals surface area contributed by atoms with Crippen molar-refractivity contribution >= 4 is 45.3 Å². The Morgan fingerprint density at radius 3 is 2.64 bits per heavy atom. The van der Waals surface area contributed by atoms with E-state index in [4.69, 9.17) is 9.72 Å². The van der Waals surface area contributed by atoms with E-state index in [2.05, 4.69) is 31.7 Å². The van der Waals surface area contributed by atoms with E-state index in [-0.39, 0.29) is 5.91 Å². The van der Waals surface area contributed by atoms with Crippen LogP contribution in [0.2, 0.25) is 0 Å². The molecule has 0 unspecified atom stereocenters. The molecule has 1 N–H and O–H groups in total. The molecule has 10 heteroatoms. The van der Waals surface area contributed by atoms with Crippen LogP contribution in [-0.4, -0.2) is 61.5 Å². The lowest BCUT2D eigenvalue weighted by Gasteiger charge is -2.35. The molecule has 1 amide bonds. The first-order valence-corrected chi connectivity index (χ1v) is 12.7. The molecule has 0 bridgehead atoms. The van der Waals surface area contributed by atoms with E-state index in [0.717, 1.165) is 45.1 Å². The van der Waals surface area contributed by atoms with Crippen LogP contribution in [0.25, 0.3) is 22.1 Å². The number of pyridine rings is 1. The highest BCUT2D eigenvalue weighted by Crippen LogP contribution is 2.31. The summed E-state index contributed by atoms with van der Waals surface area (Å²) in [7, 11) is 1.97. The number of carbonyl (C=O) groups is 1. The Hall–Kier alpha value is -4.99. The first-order chi connectivity index (χ1) is 19.0. The summed E-state index contributed by atoms with van der Waals surface area (Å²) in [6.45, 7) is 8.24. The molecule has 0 radical (unpaired) electrons. The molecule has 1 aliphatic heterocycles. The number of aryl methyl sites for hydroxylation is 2. The molecule has 0 atom stereocenters. The zero-order chi connectivity index (χ0) is 26.9. The molecule has 1 saturated heterocycles. The zero-order valence-corrected chi connectivity index (χ0v) is 21.8. The molecule has 0 aliphatic carbocycles. The first kappa shape index (κ1) is 24.4. The molecular weight excluding hydrogens is 492 g/mol. The summed E-state index contributed by atoms with van der Waals surface area (Å²) in [4.78, 5) is 34.1. The highest BCUT2D eigenvalue weighted by Gasteiger charge is 2.21. The predicted octanol–water partition coefficient (Wildman–Crippen LogP) is 4.59. The van der Waals surface area contributed by atoms with Gasteiger partial charge in [0.15, 0.2) is 5.82 Å². The van der Waals surface area contributed by atoms with Gasteiger partial charge in [0.2, 0.25) is 5.91 Å². The summed E-state index contributed by atoms with van der Waals surface area (Å²) < 4.78 is 8.14. The summed E-state index contributed by atoms with van der Waals surface area (Å²) in [6, 6.07) is 15.7. The van der Waals surface area contributed by atoms with Crippen LogP contribution in [0, 0.1) is 6.92 Å². The number of benzene rings is 2. The van der Waals surface area contributed by atoms with Gasteiger partial charge in [0.25, 0.3) is 0 Å². The lowest BCUT2D eigenvalue weighted by atomic mass is 10.2. The SMILES string of the molecule is C=CC(=O)N1CCN(c2ccc3ncnc(Nc4ccc(Oc5ccc6c(c5)ncn6C)c(C)c4)c3n2)CC1. The van der Waals surface area contributed by atoms with Crippen LogP contribution in [0.4, 0.5) is 17.3 Å². The summed E-state index contributed by atoms with van der Waals surface area (Å²) in [6.07, 6.45) is 4.69. The predicted molar refractivity (Wildman–Crippen MR) is 152 cm³/mol. The number of hydrogen-bond donors (Lipinski definition) is 1. The van der Waals surface area contributed by atoms with E-state index < -0.39 is 0 Å². The normalized spacial score (nSPS) is 13.6. The van der Waals surface area contributed by atoms with Crippen molar-refractivity contribution in [2.24, 2.45) is 7.05 Å². The fourth-order valence-corrected chi connectivity index (χ4v) is 4.77. The molecule has 1 fully saturated rings. The molecule has 0 spiro atoms. The topological polar surface area (TPSA) is 101 Å². The second-order valence-electron chi connectivity index (χ2n) is 9.49. The van der Waals surface area contributed by atoms with Gasteiger partial charge in [-0.15, -0.1) is 0 Å². The Bertz CT molecular complexity index is 1710. The number of imidazole rings is 1. The molecule has 4 heterocycles. The van der Waals surface area contributed by atoms with Crippen molar-refractivity contribution in [2.75, 3.05) is 36.4 Å². The van der Waals surface area contributed by atoms with Gasteiger partial charge < -0.3 is 24.4 Å². The third-order valence-corrected chi connectivity index (χ3v) is 6.92. The third-order valence-electron chi connectivity index (χ3n) is 6.92. The Balaban J connectivity index is 1.20. The van der Waals surface area contributed by atoms with Crippen molar-refractivity contribution in [3.05, 3.63) is 79.4 Å². The van der Waals surface area contributed by atoms with Gasteiger partial charge in [-0.05, 0) is 61.0 Å². The summed E-state index contributed by atoms with van der Waals surface area (Å²) in [5.41, 5.74) is 5.21. The van der Waals surface area contributed by atoms with E-state index in [1.54, 1.807) is 11.2 Å². The lowest BCUT2D eigenvalue weighted by Crippen LogP contribution is -2.48. The van der Waals surface area contributed by atoms with Gasteiger partial charge in [-0.3, -0.25) is 4.79 Å². The molecule has 10 nitrogen and oxygen atoms in total. The van der Waals surface area contributed by atoms with Gasteiger partial charge >= 0.3 is 0 Å². The van der Waals surface area contributed by atoms with Crippen molar-refractivity contribution < 1.29 is 9.53 Å². The van der Waals surface area contributed by atoms with Gasteiger partial charge in [-0.1, -0.05) is 6.58 Å². The van der Waals surface area contributed by atoms with Crippen LogP contribution < -0.4 is 15.0 Å². The minimum Gasteiger partial charge on any atom is -0.457 e. The van der Waals surface area contributed by atoms with E-state index in [1.807, 2.05) is 67.1 Å². The van der Waals surface area contributed by atoms with E-state index >= 15 is 0 Å². The Morgan fingerprint density at radius 2 is 1.85 bits per heavy atom. The van der Waals surface area contributed by atoms with Crippen LogP contribution in [0.1, 0.15) is 5.56 Å². The Kier molecular flexibility index (Phi) is 6.28. The maximum absolute atomic E-state index is 11.9. The lowest BCUT2D eigenvalue weighted by molar-refractivity contribution is -0.126. The van der Waals surface area contributed by atoms with Gasteiger partial charge in [0.05, 0.1) is 22.9 Å². The van der Waals surface area contributed by atoms with Crippen LogP contribution in [0.15, 0.2) is 73.8 Å². The van der Waals surface area contributed by atoms with E-state index in [1.165, 1.54) is 12.4 Å². The van der Waals surface area contributed by atoms with Gasteiger partial charge in [-0.2, -0.15) is 0 Å². The maximum atomic E-state index is 11.9. The van der Waals surface area contributed by atoms with Crippen LogP contribution >= 0.6 is 0 Å². The molecule has 5 aromatic rings.